The molecule has 0 bridgehead atoms. The highest BCUT2D eigenvalue weighted by Crippen LogP contribution is 2.21. The molecule has 0 aromatic carbocycles. The highest BCUT2D eigenvalue weighted by atomic mass is 32.2. The monoisotopic (exact) mass is 141 g/mol. The van der Waals surface area contributed by atoms with Crippen LogP contribution in [0.4, 0.5) is 0 Å². The Morgan fingerprint density at radius 3 is 3.11 bits per heavy atom. The number of aliphatic imine (C=N–C) groups is 1. The van der Waals surface area contributed by atoms with Crippen LogP contribution in [0.3, 0.4) is 0 Å². The molecule has 50 valence electrons. The van der Waals surface area contributed by atoms with Gasteiger partial charge in [-0.25, -0.2) is 0 Å². The summed E-state index contributed by atoms with van der Waals surface area (Å²) in [7, 11) is 0. The molecule has 1 unspecified atom stereocenters. The van der Waals surface area contributed by atoms with Crippen LogP contribution in [0.1, 0.15) is 13.3 Å². The Labute approximate surface area is 60.3 Å². The van der Waals surface area contributed by atoms with Crippen molar-refractivity contribution in [1.82, 2.24) is 0 Å². The van der Waals surface area contributed by atoms with Crippen molar-refractivity contribution in [2.45, 2.75) is 19.4 Å². The van der Waals surface area contributed by atoms with E-state index < -0.39 is 0 Å². The molecule has 0 amide bonds. The SMILES string of the molecule is C=CC1CC(SCC)=N1. The third-order valence-electron chi connectivity index (χ3n) is 1.28. The lowest BCUT2D eigenvalue weighted by molar-refractivity contribution is 0.802. The maximum absolute atomic E-state index is 4.29. The van der Waals surface area contributed by atoms with E-state index in [1.54, 1.807) is 0 Å². The van der Waals surface area contributed by atoms with E-state index in [0.717, 1.165) is 12.2 Å². The minimum absolute atomic E-state index is 0.430. The fourth-order valence-corrected chi connectivity index (χ4v) is 1.58. The lowest BCUT2D eigenvalue weighted by atomic mass is 10.1. The Hall–Kier alpha value is -0.240. The second-order valence-corrected chi connectivity index (χ2v) is 3.30. The second kappa shape index (κ2) is 3.06. The maximum Gasteiger partial charge on any atom is 0.0747 e. The van der Waals surface area contributed by atoms with Gasteiger partial charge in [0.25, 0.3) is 0 Å². The van der Waals surface area contributed by atoms with Gasteiger partial charge in [0.15, 0.2) is 0 Å². The summed E-state index contributed by atoms with van der Waals surface area (Å²) in [4.78, 5) is 4.29. The van der Waals surface area contributed by atoms with E-state index in [4.69, 9.17) is 0 Å². The molecule has 0 N–H and O–H groups in total. The molecule has 1 atom stereocenters. The Balaban J connectivity index is 2.26. The average Bonchev–Trinajstić information content (AvgIpc) is 1.77. The minimum atomic E-state index is 0.430. The molecule has 0 aromatic rings. The first-order valence-corrected chi connectivity index (χ1v) is 4.17. The van der Waals surface area contributed by atoms with Crippen LogP contribution in [-0.2, 0) is 0 Å². The first-order valence-electron chi connectivity index (χ1n) is 3.19. The molecule has 1 aliphatic heterocycles. The van der Waals surface area contributed by atoms with E-state index >= 15 is 0 Å². The fourth-order valence-electron chi connectivity index (χ4n) is 0.749. The van der Waals surface area contributed by atoms with Crippen LogP contribution < -0.4 is 0 Å². The summed E-state index contributed by atoms with van der Waals surface area (Å²) in [5.41, 5.74) is 0. The maximum atomic E-state index is 4.29. The molecule has 9 heavy (non-hydrogen) atoms. The van der Waals surface area contributed by atoms with Gasteiger partial charge in [0.1, 0.15) is 0 Å². The summed E-state index contributed by atoms with van der Waals surface area (Å²) < 4.78 is 0. The lowest BCUT2D eigenvalue weighted by Crippen LogP contribution is -2.18. The van der Waals surface area contributed by atoms with Gasteiger partial charge in [0.05, 0.1) is 11.1 Å². The summed E-state index contributed by atoms with van der Waals surface area (Å²) in [6, 6.07) is 0.430. The largest absolute Gasteiger partial charge is 0.275 e. The van der Waals surface area contributed by atoms with Crippen LogP contribution in [-0.4, -0.2) is 16.8 Å². The van der Waals surface area contributed by atoms with Crippen LogP contribution in [0.15, 0.2) is 17.6 Å². The highest BCUT2D eigenvalue weighted by Gasteiger charge is 2.16. The fraction of sp³-hybridized carbons (Fsp3) is 0.571. The van der Waals surface area contributed by atoms with Crippen molar-refractivity contribution in [3.8, 4) is 0 Å². The van der Waals surface area contributed by atoms with Crippen molar-refractivity contribution in [2.24, 2.45) is 4.99 Å². The van der Waals surface area contributed by atoms with Gasteiger partial charge in [-0.05, 0) is 5.75 Å². The van der Waals surface area contributed by atoms with Gasteiger partial charge >= 0.3 is 0 Å². The molecule has 1 nitrogen and oxygen atoms in total. The van der Waals surface area contributed by atoms with E-state index in [1.807, 2.05) is 17.8 Å². The summed E-state index contributed by atoms with van der Waals surface area (Å²) >= 11 is 1.84. The zero-order valence-electron chi connectivity index (χ0n) is 5.63. The molecule has 0 saturated carbocycles. The van der Waals surface area contributed by atoms with Crippen LogP contribution in [0.2, 0.25) is 0 Å². The minimum Gasteiger partial charge on any atom is -0.275 e. The molecule has 0 fully saturated rings. The summed E-state index contributed by atoms with van der Waals surface area (Å²) in [6.45, 7) is 5.81. The number of thioether (sulfide) groups is 1. The molecule has 1 heterocycles. The van der Waals surface area contributed by atoms with Gasteiger partial charge in [-0.3, -0.25) is 4.99 Å². The highest BCUT2D eigenvalue weighted by molar-refractivity contribution is 8.14. The van der Waals surface area contributed by atoms with Crippen molar-refractivity contribution < 1.29 is 0 Å². The van der Waals surface area contributed by atoms with Crippen LogP contribution >= 0.6 is 11.8 Å². The van der Waals surface area contributed by atoms with E-state index in [1.165, 1.54) is 5.04 Å². The van der Waals surface area contributed by atoms with E-state index in [9.17, 15) is 0 Å². The molecule has 1 rings (SSSR count). The zero-order chi connectivity index (χ0) is 6.69. The molecule has 0 radical (unpaired) electrons. The summed E-state index contributed by atoms with van der Waals surface area (Å²) in [5, 5.41) is 1.29. The first kappa shape index (κ1) is 6.87. The molecule has 0 aromatic heterocycles. The Morgan fingerprint density at radius 1 is 2.00 bits per heavy atom. The van der Waals surface area contributed by atoms with Gasteiger partial charge in [0, 0.05) is 6.42 Å². The van der Waals surface area contributed by atoms with Gasteiger partial charge in [-0.15, -0.1) is 18.3 Å². The average molecular weight is 141 g/mol. The normalized spacial score (nSPS) is 24.6. The molecular formula is C7H11NS. The number of hydrogen-bond donors (Lipinski definition) is 0. The summed E-state index contributed by atoms with van der Waals surface area (Å²) in [6.07, 6.45) is 3.03. The third kappa shape index (κ3) is 1.58. The van der Waals surface area contributed by atoms with E-state index in [-0.39, 0.29) is 0 Å². The lowest BCUT2D eigenvalue weighted by Gasteiger charge is -2.19. The number of nitrogens with zero attached hydrogens (tertiary/aromatic N) is 1. The Morgan fingerprint density at radius 2 is 2.67 bits per heavy atom. The topological polar surface area (TPSA) is 12.4 Å². The van der Waals surface area contributed by atoms with Crippen LogP contribution in [0, 0.1) is 0 Å². The molecule has 0 aliphatic carbocycles. The van der Waals surface area contributed by atoms with Crippen LogP contribution in [0.25, 0.3) is 0 Å². The Kier molecular flexibility index (Phi) is 2.34. The van der Waals surface area contributed by atoms with E-state index in [2.05, 4.69) is 18.5 Å². The first-order chi connectivity index (χ1) is 4.36. The van der Waals surface area contributed by atoms with Gasteiger partial charge in [-0.2, -0.15) is 0 Å². The van der Waals surface area contributed by atoms with Crippen molar-refractivity contribution in [2.75, 3.05) is 5.75 Å². The van der Waals surface area contributed by atoms with Crippen LogP contribution in [0.5, 0.6) is 0 Å². The van der Waals surface area contributed by atoms with E-state index in [0.29, 0.717) is 6.04 Å². The molecule has 0 spiro atoms. The van der Waals surface area contributed by atoms with Gasteiger partial charge in [0.2, 0.25) is 0 Å². The van der Waals surface area contributed by atoms with Gasteiger partial charge in [-0.1, -0.05) is 13.0 Å². The Bertz CT molecular complexity index is 140. The van der Waals surface area contributed by atoms with Crippen molar-refractivity contribution in [3.05, 3.63) is 12.7 Å². The third-order valence-corrected chi connectivity index (χ3v) is 2.17. The summed E-state index contributed by atoms with van der Waals surface area (Å²) in [5.74, 6) is 1.14. The molecule has 0 saturated heterocycles. The standard InChI is InChI=1S/C7H11NS/c1-3-6-5-7(8-6)9-4-2/h3,6H,1,4-5H2,2H3. The molecule has 2 heteroatoms. The van der Waals surface area contributed by atoms with Gasteiger partial charge < -0.3 is 0 Å². The molecule has 1 aliphatic rings. The predicted octanol–water partition coefficient (Wildman–Crippen LogP) is 2.10. The number of hydrogen-bond acceptors (Lipinski definition) is 2. The number of rotatable bonds is 2. The second-order valence-electron chi connectivity index (χ2n) is 1.96. The predicted molar refractivity (Wildman–Crippen MR) is 44.2 cm³/mol. The van der Waals surface area contributed by atoms with Crippen molar-refractivity contribution >= 4 is 16.8 Å². The molecular weight excluding hydrogens is 130 g/mol. The smallest absolute Gasteiger partial charge is 0.0747 e. The quantitative estimate of drug-likeness (QED) is 0.536. The van der Waals surface area contributed by atoms with Crippen molar-refractivity contribution in [1.29, 1.82) is 0 Å². The zero-order valence-corrected chi connectivity index (χ0v) is 6.45. The van der Waals surface area contributed by atoms with Crippen molar-refractivity contribution in [3.63, 3.8) is 0 Å².